The molecular formula is C15H21N3O. The number of anilines is 1. The van der Waals surface area contributed by atoms with Crippen LogP contribution < -0.4 is 10.7 Å². The van der Waals surface area contributed by atoms with E-state index in [1.54, 1.807) is 0 Å². The molecule has 0 bridgehead atoms. The third-order valence-corrected chi connectivity index (χ3v) is 4.50. The van der Waals surface area contributed by atoms with Crippen LogP contribution in [0.2, 0.25) is 0 Å². The molecule has 0 aliphatic carbocycles. The molecule has 2 aliphatic rings. The molecule has 0 aromatic heterocycles. The zero-order valence-corrected chi connectivity index (χ0v) is 11.4. The minimum Gasteiger partial charge on any atom is -0.325 e. The second-order valence-corrected chi connectivity index (χ2v) is 5.50. The molecule has 3 rings (SSSR count). The molecule has 1 aromatic rings. The number of carbonyl (C=O) groups excluding carboxylic acids is 1. The molecule has 0 radical (unpaired) electrons. The van der Waals surface area contributed by atoms with Gasteiger partial charge in [-0.25, -0.2) is 5.01 Å². The van der Waals surface area contributed by atoms with Gasteiger partial charge in [0.15, 0.2) is 0 Å². The highest BCUT2D eigenvalue weighted by Crippen LogP contribution is 2.44. The summed E-state index contributed by atoms with van der Waals surface area (Å²) in [6, 6.07) is 8.16. The van der Waals surface area contributed by atoms with Crippen LogP contribution in [0.1, 0.15) is 31.2 Å². The van der Waals surface area contributed by atoms with E-state index in [0.29, 0.717) is 0 Å². The van der Waals surface area contributed by atoms with Gasteiger partial charge < -0.3 is 5.32 Å². The van der Waals surface area contributed by atoms with Gasteiger partial charge in [-0.2, -0.15) is 0 Å². The first kappa shape index (κ1) is 12.6. The Morgan fingerprint density at radius 1 is 1.21 bits per heavy atom. The lowest BCUT2D eigenvalue weighted by atomic mass is 9.73. The van der Waals surface area contributed by atoms with Gasteiger partial charge in [0.1, 0.15) is 0 Å². The van der Waals surface area contributed by atoms with Gasteiger partial charge in [-0.1, -0.05) is 18.2 Å². The van der Waals surface area contributed by atoms with Crippen molar-refractivity contribution in [3.05, 3.63) is 29.8 Å². The SMILES string of the molecule is CNN1CCCC2(CCC1)C(=O)Nc1ccccc12. The number of hydrogen-bond donors (Lipinski definition) is 2. The maximum Gasteiger partial charge on any atom is 0.235 e. The quantitative estimate of drug-likeness (QED) is 0.809. The summed E-state index contributed by atoms with van der Waals surface area (Å²) in [6.07, 6.45) is 3.97. The number of rotatable bonds is 1. The number of hydrogen-bond acceptors (Lipinski definition) is 3. The van der Waals surface area contributed by atoms with Gasteiger partial charge in [0.2, 0.25) is 5.91 Å². The lowest BCUT2D eigenvalue weighted by molar-refractivity contribution is -0.121. The van der Waals surface area contributed by atoms with Crippen molar-refractivity contribution in [2.45, 2.75) is 31.1 Å². The Labute approximate surface area is 114 Å². The van der Waals surface area contributed by atoms with Crippen LogP contribution in [0, 0.1) is 0 Å². The van der Waals surface area contributed by atoms with E-state index in [4.69, 9.17) is 0 Å². The van der Waals surface area contributed by atoms with E-state index in [0.717, 1.165) is 44.5 Å². The van der Waals surface area contributed by atoms with E-state index in [9.17, 15) is 4.79 Å². The summed E-state index contributed by atoms with van der Waals surface area (Å²) in [4.78, 5) is 12.5. The Morgan fingerprint density at radius 3 is 2.58 bits per heavy atom. The predicted octanol–water partition coefficient (Wildman–Crippen LogP) is 1.89. The van der Waals surface area contributed by atoms with Crippen LogP contribution in [-0.4, -0.2) is 31.1 Å². The first-order chi connectivity index (χ1) is 9.26. The average molecular weight is 259 g/mol. The number of amides is 1. The van der Waals surface area contributed by atoms with Crippen molar-refractivity contribution in [3.8, 4) is 0 Å². The minimum absolute atomic E-state index is 0.201. The van der Waals surface area contributed by atoms with Crippen LogP contribution in [-0.2, 0) is 10.2 Å². The molecule has 4 heteroatoms. The van der Waals surface area contributed by atoms with Gasteiger partial charge in [-0.15, -0.1) is 0 Å². The van der Waals surface area contributed by atoms with Crippen molar-refractivity contribution in [1.29, 1.82) is 0 Å². The van der Waals surface area contributed by atoms with Crippen LogP contribution in [0.3, 0.4) is 0 Å². The molecule has 4 nitrogen and oxygen atoms in total. The third-order valence-electron chi connectivity index (χ3n) is 4.50. The fourth-order valence-electron chi connectivity index (χ4n) is 3.47. The lowest BCUT2D eigenvalue weighted by Gasteiger charge is -2.33. The Morgan fingerprint density at radius 2 is 1.89 bits per heavy atom. The van der Waals surface area contributed by atoms with Crippen molar-refractivity contribution >= 4 is 11.6 Å². The largest absolute Gasteiger partial charge is 0.325 e. The van der Waals surface area contributed by atoms with E-state index in [-0.39, 0.29) is 11.3 Å². The summed E-state index contributed by atoms with van der Waals surface area (Å²) in [5.74, 6) is 0.201. The molecular weight excluding hydrogens is 238 g/mol. The monoisotopic (exact) mass is 259 g/mol. The normalized spacial score (nSPS) is 22.7. The van der Waals surface area contributed by atoms with E-state index in [1.165, 1.54) is 5.56 Å². The molecule has 2 aliphatic heterocycles. The highest BCUT2D eigenvalue weighted by Gasteiger charge is 2.45. The van der Waals surface area contributed by atoms with Crippen LogP contribution in [0.4, 0.5) is 5.69 Å². The lowest BCUT2D eigenvalue weighted by Crippen LogP contribution is -2.42. The minimum atomic E-state index is -0.281. The maximum absolute atomic E-state index is 12.5. The smallest absolute Gasteiger partial charge is 0.235 e. The molecule has 0 atom stereocenters. The molecule has 1 fully saturated rings. The summed E-state index contributed by atoms with van der Waals surface area (Å²) >= 11 is 0. The zero-order valence-electron chi connectivity index (χ0n) is 11.4. The van der Waals surface area contributed by atoms with Gasteiger partial charge in [0.25, 0.3) is 0 Å². The van der Waals surface area contributed by atoms with E-state index >= 15 is 0 Å². The van der Waals surface area contributed by atoms with Crippen LogP contribution in [0.15, 0.2) is 24.3 Å². The zero-order chi connectivity index (χ0) is 13.3. The summed E-state index contributed by atoms with van der Waals surface area (Å²) in [6.45, 7) is 2.02. The number of nitrogens with one attached hydrogen (secondary N) is 2. The maximum atomic E-state index is 12.5. The summed E-state index contributed by atoms with van der Waals surface area (Å²) in [5, 5.41) is 5.30. The third kappa shape index (κ3) is 2.05. The Kier molecular flexibility index (Phi) is 3.29. The standard InChI is InChI=1S/C15H21N3O/c1-16-18-10-4-8-15(9-5-11-18)12-6-2-3-7-13(12)17-14(15)19/h2-3,6-7,16H,4-5,8-11H2,1H3,(H,17,19). The number of para-hydroxylation sites is 1. The van der Waals surface area contributed by atoms with Crippen LogP contribution >= 0.6 is 0 Å². The second-order valence-electron chi connectivity index (χ2n) is 5.50. The number of fused-ring (bicyclic) bond motifs is 2. The number of nitrogens with zero attached hydrogens (tertiary/aromatic N) is 1. The molecule has 1 spiro atoms. The van der Waals surface area contributed by atoms with Crippen LogP contribution in [0.25, 0.3) is 0 Å². The van der Waals surface area contributed by atoms with Crippen molar-refractivity contribution in [3.63, 3.8) is 0 Å². The molecule has 2 heterocycles. The molecule has 2 N–H and O–H groups in total. The number of hydrazine groups is 1. The molecule has 0 unspecified atom stereocenters. The topological polar surface area (TPSA) is 44.4 Å². The van der Waals surface area contributed by atoms with E-state index in [1.807, 2.05) is 25.2 Å². The Hall–Kier alpha value is -1.39. The van der Waals surface area contributed by atoms with Crippen molar-refractivity contribution in [1.82, 2.24) is 10.4 Å². The first-order valence-electron chi connectivity index (χ1n) is 7.09. The average Bonchev–Trinajstić information content (AvgIpc) is 2.67. The van der Waals surface area contributed by atoms with Crippen molar-refractivity contribution in [2.24, 2.45) is 0 Å². The first-order valence-corrected chi connectivity index (χ1v) is 7.09. The Bertz CT molecular complexity index is 476. The van der Waals surface area contributed by atoms with Crippen molar-refractivity contribution in [2.75, 3.05) is 25.5 Å². The molecule has 1 saturated heterocycles. The van der Waals surface area contributed by atoms with Gasteiger partial charge in [-0.3, -0.25) is 10.2 Å². The van der Waals surface area contributed by atoms with Crippen LogP contribution in [0.5, 0.6) is 0 Å². The van der Waals surface area contributed by atoms with E-state index < -0.39 is 0 Å². The van der Waals surface area contributed by atoms with Gasteiger partial charge in [-0.05, 0) is 44.4 Å². The van der Waals surface area contributed by atoms with Gasteiger partial charge in [0, 0.05) is 18.8 Å². The van der Waals surface area contributed by atoms with E-state index in [2.05, 4.69) is 21.8 Å². The summed E-state index contributed by atoms with van der Waals surface area (Å²) in [7, 11) is 1.97. The molecule has 19 heavy (non-hydrogen) atoms. The second kappa shape index (κ2) is 4.94. The fourth-order valence-corrected chi connectivity index (χ4v) is 3.47. The van der Waals surface area contributed by atoms with Crippen molar-refractivity contribution < 1.29 is 4.79 Å². The highest BCUT2D eigenvalue weighted by atomic mass is 16.2. The summed E-state index contributed by atoms with van der Waals surface area (Å²) in [5.41, 5.74) is 5.15. The highest BCUT2D eigenvalue weighted by molar-refractivity contribution is 6.06. The molecule has 1 amide bonds. The molecule has 1 aromatic carbocycles. The number of carbonyl (C=O) groups is 1. The number of benzene rings is 1. The molecule has 0 saturated carbocycles. The summed E-state index contributed by atoms with van der Waals surface area (Å²) < 4.78 is 0. The van der Waals surface area contributed by atoms with Gasteiger partial charge in [0.05, 0.1) is 5.41 Å². The molecule has 102 valence electrons. The van der Waals surface area contributed by atoms with Gasteiger partial charge >= 0.3 is 0 Å². The fraction of sp³-hybridized carbons (Fsp3) is 0.533. The predicted molar refractivity (Wildman–Crippen MR) is 75.9 cm³/mol. The Balaban J connectivity index is 1.89.